The zero-order valence-corrected chi connectivity index (χ0v) is 48.7. The summed E-state index contributed by atoms with van der Waals surface area (Å²) in [6.07, 6.45) is 0.350. The number of likely N-dealkylation sites (N-methyl/N-ethyl adjacent to an activating group) is 1. The molecule has 0 bridgehead atoms. The Morgan fingerprint density at radius 2 is 1.50 bits per heavy atom. The van der Waals surface area contributed by atoms with E-state index in [4.69, 9.17) is 30.5 Å². The molecule has 8 rings (SSSR count). The van der Waals surface area contributed by atoms with Gasteiger partial charge in [-0.1, -0.05) is 68.4 Å². The second kappa shape index (κ2) is 28.9. The number of nitrogens with zero attached hydrogens (tertiary/aromatic N) is 4. The molecular formula is C62H77ClN10O9. The number of H-pyrrole nitrogens is 1. The highest BCUT2D eigenvalue weighted by molar-refractivity contribution is 6.19. The third-order valence-electron chi connectivity index (χ3n) is 14.5. The Hall–Kier alpha value is -7.52. The molecule has 0 aliphatic carbocycles. The summed E-state index contributed by atoms with van der Waals surface area (Å²) in [5.41, 5.74) is 9.72. The van der Waals surface area contributed by atoms with Crippen LogP contribution < -0.4 is 41.1 Å². The lowest BCUT2D eigenvalue weighted by molar-refractivity contribution is -0.132. The number of halogens is 1. The predicted molar refractivity (Wildman–Crippen MR) is 322 cm³/mol. The number of amides is 5. The average molecular weight is 1140 g/mol. The number of aromatic nitrogens is 2. The maximum atomic E-state index is 14.3. The molecule has 6 N–H and O–H groups in total. The summed E-state index contributed by atoms with van der Waals surface area (Å²) in [4.78, 5) is 73.8. The van der Waals surface area contributed by atoms with Gasteiger partial charge < -0.3 is 59.6 Å². The molecule has 0 unspecified atom stereocenters. The number of benzene rings is 5. The summed E-state index contributed by atoms with van der Waals surface area (Å²) in [5.74, 6) is -0.210. The third-order valence-corrected chi connectivity index (χ3v) is 14.8. The number of rotatable bonds is 30. The Morgan fingerprint density at radius 3 is 2.24 bits per heavy atom. The van der Waals surface area contributed by atoms with Gasteiger partial charge in [-0.2, -0.15) is 0 Å². The first-order valence-corrected chi connectivity index (χ1v) is 28.5. The predicted octanol–water partition coefficient (Wildman–Crippen LogP) is 7.56. The van der Waals surface area contributed by atoms with E-state index in [-0.39, 0.29) is 62.4 Å². The number of hydrogen-bond acceptors (Lipinski definition) is 12. The van der Waals surface area contributed by atoms with Crippen LogP contribution in [0.4, 0.5) is 11.4 Å². The number of carbonyl (C=O) groups excluding carboxylic acids is 5. The van der Waals surface area contributed by atoms with Gasteiger partial charge in [-0.3, -0.25) is 29.4 Å². The first-order chi connectivity index (χ1) is 39.6. The van der Waals surface area contributed by atoms with Crippen LogP contribution in [-0.2, 0) is 48.3 Å². The van der Waals surface area contributed by atoms with Crippen LogP contribution in [0.3, 0.4) is 0 Å². The number of alkyl halides is 1. The van der Waals surface area contributed by atoms with Gasteiger partial charge in [0.05, 0.1) is 38.7 Å². The van der Waals surface area contributed by atoms with E-state index < -0.39 is 23.9 Å². The van der Waals surface area contributed by atoms with Crippen molar-refractivity contribution in [3.05, 3.63) is 132 Å². The molecule has 3 heterocycles. The smallest absolute Gasteiger partial charge is 0.274 e. The van der Waals surface area contributed by atoms with Gasteiger partial charge in [-0.05, 0) is 104 Å². The molecule has 2 aromatic heterocycles. The van der Waals surface area contributed by atoms with E-state index in [9.17, 15) is 24.0 Å². The van der Waals surface area contributed by atoms with Gasteiger partial charge in [-0.25, -0.2) is 5.01 Å². The van der Waals surface area contributed by atoms with Crippen LogP contribution in [0.5, 0.6) is 11.5 Å². The van der Waals surface area contributed by atoms with Crippen LogP contribution in [0.15, 0.2) is 109 Å². The van der Waals surface area contributed by atoms with Gasteiger partial charge in [0, 0.05) is 97.1 Å². The second-order valence-corrected chi connectivity index (χ2v) is 21.5. The highest BCUT2D eigenvalue weighted by atomic mass is 35.5. The van der Waals surface area contributed by atoms with E-state index >= 15 is 0 Å². The fourth-order valence-corrected chi connectivity index (χ4v) is 10.2. The number of para-hydroxylation sites is 1. The molecule has 82 heavy (non-hydrogen) atoms. The van der Waals surface area contributed by atoms with E-state index in [0.29, 0.717) is 68.8 Å². The Bertz CT molecular complexity index is 3330. The monoisotopic (exact) mass is 1140 g/mol. The summed E-state index contributed by atoms with van der Waals surface area (Å²) in [6.45, 7) is 9.72. The van der Waals surface area contributed by atoms with Crippen molar-refractivity contribution in [3.8, 4) is 11.5 Å². The van der Waals surface area contributed by atoms with Gasteiger partial charge >= 0.3 is 0 Å². The number of hydrazine groups is 1. The summed E-state index contributed by atoms with van der Waals surface area (Å²) in [7, 11) is 7.84. The lowest BCUT2D eigenvalue weighted by atomic mass is 9.95. The fourth-order valence-electron chi connectivity index (χ4n) is 9.94. The number of fused-ring (bicyclic) bond motifs is 5. The van der Waals surface area contributed by atoms with E-state index in [1.165, 1.54) is 0 Å². The van der Waals surface area contributed by atoms with Crippen molar-refractivity contribution in [1.29, 1.82) is 0 Å². The van der Waals surface area contributed by atoms with Crippen molar-refractivity contribution in [1.82, 2.24) is 40.8 Å². The molecule has 5 amide bonds. The van der Waals surface area contributed by atoms with Crippen molar-refractivity contribution in [2.45, 2.75) is 71.3 Å². The third kappa shape index (κ3) is 15.7. The number of anilines is 2. The zero-order chi connectivity index (χ0) is 58.3. The quantitative estimate of drug-likeness (QED) is 0.0146. The molecule has 1 aliphatic heterocycles. The Balaban J connectivity index is 0.751. The summed E-state index contributed by atoms with van der Waals surface area (Å²) in [6, 6.07) is 33.2. The molecule has 0 saturated carbocycles. The maximum absolute atomic E-state index is 14.3. The van der Waals surface area contributed by atoms with Crippen molar-refractivity contribution in [3.63, 3.8) is 0 Å². The van der Waals surface area contributed by atoms with E-state index in [1.54, 1.807) is 24.0 Å². The van der Waals surface area contributed by atoms with Gasteiger partial charge in [-0.15, -0.1) is 11.6 Å². The lowest BCUT2D eigenvalue weighted by Crippen LogP contribution is -2.53. The largest absolute Gasteiger partial charge is 0.492 e. The standard InChI is InChI=1S/C62H77ClN10O9/c1-40(2)59(69-57(75)23-27-79-30-31-80-28-24-65-56(74)22-25-72-47(38-71(7)64-4)32-43-12-8-11-15-53(43)72)61(77)66-41(3)60(76)67-46-18-16-42(17-19-46)39-82-55-35-54-58(50-14-10-9-13-49(50)55)45(36-63)37-73(54)62(78)52-34-44-33-48(20-21-51(44)68-52)81-29-26-70(5)6/h8-21,32-35,40-41,45,59,64,68H,22-31,36-39H2,1-7H3,(H,65,74)(H,66,77)(H,67,76)(H,69,75)/t41-,45+,59-/m0/s1. The van der Waals surface area contributed by atoms with Crippen LogP contribution in [0.1, 0.15) is 66.8 Å². The van der Waals surface area contributed by atoms with E-state index in [1.807, 2.05) is 126 Å². The Morgan fingerprint density at radius 1 is 0.756 bits per heavy atom. The Labute approximate surface area is 484 Å². The first-order valence-electron chi connectivity index (χ1n) is 27.9. The van der Waals surface area contributed by atoms with Crippen molar-refractivity contribution in [2.75, 3.05) is 97.0 Å². The van der Waals surface area contributed by atoms with Crippen LogP contribution in [0.2, 0.25) is 0 Å². The Kier molecular flexibility index (Phi) is 21.4. The number of hydrogen-bond donors (Lipinski definition) is 6. The molecule has 0 spiro atoms. The van der Waals surface area contributed by atoms with Gasteiger partial charge in [0.2, 0.25) is 23.6 Å². The fraction of sp³-hybridized carbons (Fsp3) is 0.403. The SMILES string of the molecule is CNN(C)Cc1cc2ccccc2n1CCC(=O)NCCOCCOCCC(=O)N[C@H](C(=O)N[C@@H](C)C(=O)Nc1ccc(COc2cc3c(c4ccccc24)[C@H](CCl)CN3C(=O)c2cc3cc(OCCN(C)C)ccc3[nH]2)cc1)C(C)C. The molecular weight excluding hydrogens is 1060 g/mol. The molecule has 0 saturated heterocycles. The van der Waals surface area contributed by atoms with Crippen molar-refractivity contribution in [2.24, 2.45) is 5.92 Å². The zero-order valence-electron chi connectivity index (χ0n) is 47.9. The molecule has 3 atom stereocenters. The molecule has 19 nitrogen and oxygen atoms in total. The minimum Gasteiger partial charge on any atom is -0.492 e. The molecule has 20 heteroatoms. The minimum absolute atomic E-state index is 0.0219. The van der Waals surface area contributed by atoms with Gasteiger partial charge in [0.15, 0.2) is 0 Å². The first kappa shape index (κ1) is 60.6. The maximum Gasteiger partial charge on any atom is 0.274 e. The number of nitrogens with one attached hydrogen (secondary N) is 6. The summed E-state index contributed by atoms with van der Waals surface area (Å²) in [5, 5.41) is 17.2. The highest BCUT2D eigenvalue weighted by Gasteiger charge is 2.36. The number of carbonyl (C=O) groups is 5. The molecule has 1 aliphatic rings. The summed E-state index contributed by atoms with van der Waals surface area (Å²) < 4.78 is 25.9. The van der Waals surface area contributed by atoms with Gasteiger partial charge in [0.1, 0.15) is 42.5 Å². The van der Waals surface area contributed by atoms with Crippen molar-refractivity contribution >= 4 is 85.1 Å². The topological polar surface area (TPSA) is 213 Å². The van der Waals surface area contributed by atoms with E-state index in [0.717, 1.165) is 67.4 Å². The lowest BCUT2D eigenvalue weighted by Gasteiger charge is -2.24. The minimum atomic E-state index is -0.917. The van der Waals surface area contributed by atoms with Crippen LogP contribution in [0, 0.1) is 5.92 Å². The van der Waals surface area contributed by atoms with Crippen LogP contribution in [0.25, 0.3) is 32.6 Å². The van der Waals surface area contributed by atoms with Gasteiger partial charge in [0.25, 0.3) is 5.91 Å². The number of ether oxygens (including phenoxy) is 4. The van der Waals surface area contributed by atoms with E-state index in [2.05, 4.69) is 59.3 Å². The molecule has 436 valence electrons. The van der Waals surface area contributed by atoms with Crippen LogP contribution in [-0.4, -0.2) is 148 Å². The average Bonchev–Trinajstić information content (AvgIpc) is 4.30. The number of aryl methyl sites for hydroxylation is 1. The highest BCUT2D eigenvalue weighted by Crippen LogP contribution is 2.46. The molecule has 7 aromatic rings. The molecule has 0 radical (unpaired) electrons. The normalized spacial score (nSPS) is 13.9. The van der Waals surface area contributed by atoms with Crippen molar-refractivity contribution < 1.29 is 42.9 Å². The second-order valence-electron chi connectivity index (χ2n) is 21.2. The molecule has 0 fully saturated rings. The summed E-state index contributed by atoms with van der Waals surface area (Å²) >= 11 is 6.60. The number of aromatic amines is 1. The van der Waals surface area contributed by atoms with Crippen LogP contribution >= 0.6 is 11.6 Å². The molecule has 5 aromatic carbocycles.